The van der Waals surface area contributed by atoms with Gasteiger partial charge in [0.2, 0.25) is 5.91 Å². The molecule has 1 amide bonds. The molecule has 3 N–H and O–H groups in total. The summed E-state index contributed by atoms with van der Waals surface area (Å²) in [4.78, 5) is 11.7. The van der Waals surface area contributed by atoms with E-state index in [-0.39, 0.29) is 18.1 Å². The van der Waals surface area contributed by atoms with E-state index in [0.29, 0.717) is 13.0 Å². The molecular formula is C17H26N2O3. The molecule has 0 saturated heterocycles. The molecule has 0 bridgehead atoms. The highest BCUT2D eigenvalue weighted by Crippen LogP contribution is 2.32. The van der Waals surface area contributed by atoms with E-state index in [1.54, 1.807) is 7.11 Å². The zero-order valence-corrected chi connectivity index (χ0v) is 13.4. The quantitative estimate of drug-likeness (QED) is 0.811. The second-order valence-electron chi connectivity index (χ2n) is 5.97. The Labute approximate surface area is 132 Å². The topological polar surface area (TPSA) is 73.6 Å². The third-order valence-corrected chi connectivity index (χ3v) is 3.82. The molecule has 1 saturated carbocycles. The van der Waals surface area contributed by atoms with Gasteiger partial charge < -0.3 is 20.5 Å². The van der Waals surface area contributed by atoms with Crippen molar-refractivity contribution < 1.29 is 14.3 Å². The van der Waals surface area contributed by atoms with Crippen LogP contribution < -0.4 is 20.5 Å². The molecule has 5 heteroatoms. The van der Waals surface area contributed by atoms with Crippen LogP contribution in [0.2, 0.25) is 0 Å². The molecule has 1 atom stereocenters. The highest BCUT2D eigenvalue weighted by Gasteiger charge is 2.18. The fraction of sp³-hybridized carbons (Fsp3) is 0.588. The van der Waals surface area contributed by atoms with E-state index in [1.807, 2.05) is 25.1 Å². The summed E-state index contributed by atoms with van der Waals surface area (Å²) in [6.45, 7) is 2.29. The van der Waals surface area contributed by atoms with Gasteiger partial charge in [0.15, 0.2) is 11.5 Å². The zero-order chi connectivity index (χ0) is 15.9. The van der Waals surface area contributed by atoms with E-state index in [9.17, 15) is 4.79 Å². The van der Waals surface area contributed by atoms with Crippen LogP contribution in [0.1, 0.15) is 44.6 Å². The molecule has 1 unspecified atom stereocenters. The van der Waals surface area contributed by atoms with Crippen LogP contribution >= 0.6 is 0 Å². The number of ether oxygens (including phenoxy) is 2. The van der Waals surface area contributed by atoms with Gasteiger partial charge in [-0.2, -0.15) is 0 Å². The van der Waals surface area contributed by atoms with Gasteiger partial charge in [0.05, 0.1) is 13.2 Å². The Balaban J connectivity index is 1.98. The number of hydrogen-bond donors (Lipinski definition) is 2. The molecule has 1 aliphatic rings. The van der Waals surface area contributed by atoms with Gasteiger partial charge in [-0.3, -0.25) is 4.79 Å². The van der Waals surface area contributed by atoms with E-state index in [4.69, 9.17) is 15.2 Å². The summed E-state index contributed by atoms with van der Waals surface area (Å²) in [5, 5.41) is 2.87. The van der Waals surface area contributed by atoms with E-state index >= 15 is 0 Å². The summed E-state index contributed by atoms with van der Waals surface area (Å²) in [5.41, 5.74) is 6.61. The average molecular weight is 306 g/mol. The first kappa shape index (κ1) is 16.6. The smallest absolute Gasteiger partial charge is 0.221 e. The number of rotatable bonds is 7. The number of amides is 1. The monoisotopic (exact) mass is 306 g/mol. The standard InChI is InChI=1S/C17H26N2O3/c1-12(18)9-17(20)19-11-13-7-8-15(21-2)16(10-13)22-14-5-3-4-6-14/h7-8,10,12,14H,3-6,9,11,18H2,1-2H3,(H,19,20). The fourth-order valence-electron chi connectivity index (χ4n) is 2.67. The van der Waals surface area contributed by atoms with Crippen molar-refractivity contribution in [2.75, 3.05) is 7.11 Å². The van der Waals surface area contributed by atoms with E-state index < -0.39 is 0 Å². The summed E-state index contributed by atoms with van der Waals surface area (Å²) in [6, 6.07) is 5.64. The van der Waals surface area contributed by atoms with Crippen molar-refractivity contribution in [1.29, 1.82) is 0 Å². The Morgan fingerprint density at radius 3 is 2.73 bits per heavy atom. The molecular weight excluding hydrogens is 280 g/mol. The van der Waals surface area contributed by atoms with Crippen LogP contribution in [-0.4, -0.2) is 25.2 Å². The lowest BCUT2D eigenvalue weighted by Crippen LogP contribution is -2.29. The fourth-order valence-corrected chi connectivity index (χ4v) is 2.67. The molecule has 0 heterocycles. The molecule has 1 fully saturated rings. The summed E-state index contributed by atoms with van der Waals surface area (Å²) >= 11 is 0. The molecule has 5 nitrogen and oxygen atoms in total. The molecule has 0 aliphatic heterocycles. The lowest BCUT2D eigenvalue weighted by molar-refractivity contribution is -0.121. The van der Waals surface area contributed by atoms with Gasteiger partial charge in [-0.25, -0.2) is 0 Å². The predicted molar refractivity (Wildman–Crippen MR) is 86.0 cm³/mol. The first-order valence-electron chi connectivity index (χ1n) is 7.94. The lowest BCUT2D eigenvalue weighted by Gasteiger charge is -2.17. The highest BCUT2D eigenvalue weighted by atomic mass is 16.5. The number of methoxy groups -OCH3 is 1. The zero-order valence-electron chi connectivity index (χ0n) is 13.4. The molecule has 22 heavy (non-hydrogen) atoms. The largest absolute Gasteiger partial charge is 0.493 e. The minimum atomic E-state index is -0.128. The van der Waals surface area contributed by atoms with Crippen molar-refractivity contribution >= 4 is 5.91 Å². The van der Waals surface area contributed by atoms with Gasteiger partial charge >= 0.3 is 0 Å². The first-order valence-corrected chi connectivity index (χ1v) is 7.94. The van der Waals surface area contributed by atoms with Crippen molar-refractivity contribution in [2.45, 2.75) is 57.7 Å². The van der Waals surface area contributed by atoms with Gasteiger partial charge in [0.1, 0.15) is 0 Å². The van der Waals surface area contributed by atoms with Crippen LogP contribution in [0.25, 0.3) is 0 Å². The summed E-state index contributed by atoms with van der Waals surface area (Å²) < 4.78 is 11.4. The van der Waals surface area contributed by atoms with Crippen molar-refractivity contribution in [1.82, 2.24) is 5.32 Å². The van der Waals surface area contributed by atoms with Crippen LogP contribution in [-0.2, 0) is 11.3 Å². The van der Waals surface area contributed by atoms with E-state index in [0.717, 1.165) is 29.9 Å². The van der Waals surface area contributed by atoms with E-state index in [2.05, 4.69) is 5.32 Å². The van der Waals surface area contributed by atoms with Gasteiger partial charge in [0, 0.05) is 19.0 Å². The Bertz CT molecular complexity index is 497. The summed E-state index contributed by atoms with van der Waals surface area (Å²) in [6.07, 6.45) is 5.25. The second-order valence-corrected chi connectivity index (χ2v) is 5.97. The number of carbonyl (C=O) groups is 1. The molecule has 0 aromatic heterocycles. The molecule has 122 valence electrons. The third kappa shape index (κ3) is 4.91. The Hall–Kier alpha value is -1.75. The molecule has 1 aromatic carbocycles. The van der Waals surface area contributed by atoms with Crippen molar-refractivity contribution in [3.8, 4) is 11.5 Å². The van der Waals surface area contributed by atoms with Crippen LogP contribution in [0, 0.1) is 0 Å². The van der Waals surface area contributed by atoms with Crippen LogP contribution in [0.3, 0.4) is 0 Å². The number of nitrogens with two attached hydrogens (primary N) is 1. The molecule has 2 rings (SSSR count). The molecule has 1 aromatic rings. The average Bonchev–Trinajstić information content (AvgIpc) is 2.97. The maximum atomic E-state index is 11.7. The predicted octanol–water partition coefficient (Wildman–Crippen LogP) is 2.37. The SMILES string of the molecule is COc1ccc(CNC(=O)CC(C)N)cc1OC1CCCC1. The molecule has 0 radical (unpaired) electrons. The molecule has 1 aliphatic carbocycles. The number of carbonyl (C=O) groups excluding carboxylic acids is 1. The maximum absolute atomic E-state index is 11.7. The van der Waals surface area contributed by atoms with Crippen LogP contribution in [0.15, 0.2) is 18.2 Å². The van der Waals surface area contributed by atoms with Gasteiger partial charge in [0.25, 0.3) is 0 Å². The van der Waals surface area contributed by atoms with Crippen molar-refractivity contribution in [3.63, 3.8) is 0 Å². The summed E-state index contributed by atoms with van der Waals surface area (Å²) in [7, 11) is 1.64. The lowest BCUT2D eigenvalue weighted by atomic mass is 10.2. The van der Waals surface area contributed by atoms with E-state index in [1.165, 1.54) is 12.8 Å². The summed E-state index contributed by atoms with van der Waals surface area (Å²) in [5.74, 6) is 1.45. The van der Waals surface area contributed by atoms with Crippen LogP contribution in [0.4, 0.5) is 0 Å². The minimum absolute atomic E-state index is 0.0379. The van der Waals surface area contributed by atoms with Gasteiger partial charge in [-0.05, 0) is 50.3 Å². The minimum Gasteiger partial charge on any atom is -0.493 e. The highest BCUT2D eigenvalue weighted by molar-refractivity contribution is 5.76. The van der Waals surface area contributed by atoms with Gasteiger partial charge in [-0.15, -0.1) is 0 Å². The molecule has 0 spiro atoms. The number of benzene rings is 1. The second kappa shape index (κ2) is 8.03. The normalized spacial score (nSPS) is 16.3. The Morgan fingerprint density at radius 2 is 2.09 bits per heavy atom. The Kier molecular flexibility index (Phi) is 6.07. The Morgan fingerprint density at radius 1 is 1.36 bits per heavy atom. The first-order chi connectivity index (χ1) is 10.6. The van der Waals surface area contributed by atoms with Crippen molar-refractivity contribution in [3.05, 3.63) is 23.8 Å². The van der Waals surface area contributed by atoms with Crippen molar-refractivity contribution in [2.24, 2.45) is 5.73 Å². The van der Waals surface area contributed by atoms with Crippen LogP contribution in [0.5, 0.6) is 11.5 Å². The third-order valence-electron chi connectivity index (χ3n) is 3.82. The number of hydrogen-bond acceptors (Lipinski definition) is 4. The maximum Gasteiger partial charge on any atom is 0.221 e. The number of nitrogens with one attached hydrogen (secondary N) is 1. The van der Waals surface area contributed by atoms with Gasteiger partial charge in [-0.1, -0.05) is 6.07 Å².